The molecule has 2 aromatic carbocycles. The first-order chi connectivity index (χ1) is 11.6. The van der Waals surface area contributed by atoms with Gasteiger partial charge in [-0.25, -0.2) is 4.39 Å². The van der Waals surface area contributed by atoms with Crippen molar-refractivity contribution in [1.82, 2.24) is 0 Å². The van der Waals surface area contributed by atoms with Crippen LogP contribution in [0.5, 0.6) is 11.5 Å². The smallest absolute Gasteiger partial charge is 0.271 e. The van der Waals surface area contributed by atoms with E-state index in [2.05, 4.69) is 0 Å². The Morgan fingerprint density at radius 2 is 2.00 bits per heavy atom. The van der Waals surface area contributed by atoms with Crippen molar-refractivity contribution < 1.29 is 18.7 Å². The molecule has 120 valence electrons. The Morgan fingerprint density at radius 1 is 1.17 bits per heavy atom. The van der Waals surface area contributed by atoms with Gasteiger partial charge in [0.1, 0.15) is 5.82 Å². The minimum Gasteiger partial charge on any atom is -0.454 e. The molecule has 7 heteroatoms. The molecule has 0 aromatic heterocycles. The van der Waals surface area contributed by atoms with Gasteiger partial charge in [0.05, 0.1) is 10.6 Å². The number of halogens is 1. The third kappa shape index (κ3) is 2.52. The number of amides is 1. The van der Waals surface area contributed by atoms with Crippen molar-refractivity contribution in [2.45, 2.75) is 0 Å². The fourth-order valence-electron chi connectivity index (χ4n) is 2.49. The molecule has 1 N–H and O–H groups in total. The zero-order valence-corrected chi connectivity index (χ0v) is 13.1. The van der Waals surface area contributed by atoms with Gasteiger partial charge in [-0.15, -0.1) is 0 Å². The molecule has 1 amide bonds. The van der Waals surface area contributed by atoms with Crippen LogP contribution in [0.4, 0.5) is 10.1 Å². The first kappa shape index (κ1) is 14.8. The fraction of sp³-hybridized carbons (Fsp3) is 0.0588. The molecular formula is C17H11FN2O3S. The van der Waals surface area contributed by atoms with Gasteiger partial charge < -0.3 is 9.47 Å². The quantitative estimate of drug-likeness (QED) is 0.847. The third-order valence-corrected chi connectivity index (χ3v) is 4.47. The number of thioether (sulfide) groups is 1. The Morgan fingerprint density at radius 3 is 2.83 bits per heavy atom. The second kappa shape index (κ2) is 5.68. The number of hydrogen-bond donors (Lipinski definition) is 1. The molecule has 0 radical (unpaired) electrons. The average Bonchev–Trinajstić information content (AvgIpc) is 3.12. The van der Waals surface area contributed by atoms with Crippen LogP contribution in [-0.2, 0) is 4.79 Å². The molecule has 1 saturated heterocycles. The van der Waals surface area contributed by atoms with Crippen molar-refractivity contribution in [2.75, 3.05) is 11.7 Å². The summed E-state index contributed by atoms with van der Waals surface area (Å²) < 4.78 is 23.8. The molecule has 2 heterocycles. The summed E-state index contributed by atoms with van der Waals surface area (Å²) in [5.74, 6) is 0.455. The van der Waals surface area contributed by atoms with Gasteiger partial charge in [0.25, 0.3) is 5.91 Å². The molecule has 0 saturated carbocycles. The largest absolute Gasteiger partial charge is 0.454 e. The van der Waals surface area contributed by atoms with E-state index in [-0.39, 0.29) is 23.7 Å². The van der Waals surface area contributed by atoms with E-state index in [4.69, 9.17) is 14.9 Å². The normalized spacial score (nSPS) is 17.9. The highest BCUT2D eigenvalue weighted by atomic mass is 32.2. The highest BCUT2D eigenvalue weighted by Crippen LogP contribution is 2.40. The lowest BCUT2D eigenvalue weighted by molar-refractivity contribution is -0.113. The van der Waals surface area contributed by atoms with E-state index in [9.17, 15) is 9.18 Å². The Bertz CT molecular complexity index is 897. The van der Waals surface area contributed by atoms with Gasteiger partial charge in [-0.3, -0.25) is 15.1 Å². The van der Waals surface area contributed by atoms with Crippen LogP contribution < -0.4 is 14.4 Å². The number of nitrogens with zero attached hydrogens (tertiary/aromatic N) is 1. The molecule has 0 bridgehead atoms. The molecule has 0 spiro atoms. The van der Waals surface area contributed by atoms with Gasteiger partial charge in [0, 0.05) is 6.07 Å². The lowest BCUT2D eigenvalue weighted by atomic mass is 10.2. The summed E-state index contributed by atoms with van der Waals surface area (Å²) in [5, 5.41) is 8.17. The predicted octanol–water partition coefficient (Wildman–Crippen LogP) is 3.61. The number of carbonyl (C=O) groups is 1. The number of nitrogens with one attached hydrogen (secondary N) is 1. The molecule has 0 aliphatic carbocycles. The minimum absolute atomic E-state index is 0.0847. The first-order valence-corrected chi connectivity index (χ1v) is 7.91. The summed E-state index contributed by atoms with van der Waals surface area (Å²) in [4.78, 5) is 14.3. The van der Waals surface area contributed by atoms with Crippen LogP contribution in [0.15, 0.2) is 47.4 Å². The highest BCUT2D eigenvalue weighted by molar-refractivity contribution is 8.19. The summed E-state index contributed by atoms with van der Waals surface area (Å²) in [6, 6.07) is 11.0. The SMILES string of the molecule is N=C1S/C(=C\c2cccc(F)c2)C(=O)N1c1ccc2c(c1)OCO2. The van der Waals surface area contributed by atoms with E-state index in [1.54, 1.807) is 36.4 Å². The maximum absolute atomic E-state index is 13.3. The molecule has 2 aliphatic heterocycles. The molecule has 2 aromatic rings. The van der Waals surface area contributed by atoms with E-state index >= 15 is 0 Å². The van der Waals surface area contributed by atoms with Crippen LogP contribution in [0.25, 0.3) is 6.08 Å². The molecule has 24 heavy (non-hydrogen) atoms. The second-order valence-corrected chi connectivity index (χ2v) is 6.18. The van der Waals surface area contributed by atoms with Gasteiger partial charge in [-0.05, 0) is 47.7 Å². The summed E-state index contributed by atoms with van der Waals surface area (Å²) in [7, 11) is 0. The van der Waals surface area contributed by atoms with Gasteiger partial charge >= 0.3 is 0 Å². The van der Waals surface area contributed by atoms with E-state index in [0.717, 1.165) is 11.8 Å². The molecule has 4 rings (SSSR count). The van der Waals surface area contributed by atoms with Gasteiger partial charge in [-0.2, -0.15) is 0 Å². The lowest BCUT2D eigenvalue weighted by Crippen LogP contribution is -2.28. The van der Waals surface area contributed by atoms with Crippen molar-refractivity contribution in [2.24, 2.45) is 0 Å². The van der Waals surface area contributed by atoms with Crippen molar-refractivity contribution in [1.29, 1.82) is 5.41 Å². The molecule has 2 aliphatic rings. The summed E-state index contributed by atoms with van der Waals surface area (Å²) in [6.07, 6.45) is 1.58. The van der Waals surface area contributed by atoms with E-state index in [0.29, 0.717) is 27.7 Å². The standard InChI is InChI=1S/C17H11FN2O3S/c18-11-3-1-2-10(6-11)7-15-16(21)20(17(19)24-15)12-4-5-13-14(8-12)23-9-22-13/h1-8,19H,9H2/b15-7-,19-17?. The Balaban J connectivity index is 1.66. The summed E-state index contributed by atoms with van der Waals surface area (Å²) in [5.41, 5.74) is 1.11. The minimum atomic E-state index is -0.373. The fourth-order valence-corrected chi connectivity index (χ4v) is 3.36. The number of ether oxygens (including phenoxy) is 2. The van der Waals surface area contributed by atoms with Gasteiger partial charge in [0.15, 0.2) is 16.7 Å². The van der Waals surface area contributed by atoms with Crippen LogP contribution in [-0.4, -0.2) is 17.9 Å². The number of benzene rings is 2. The average molecular weight is 342 g/mol. The number of carbonyl (C=O) groups excluding carboxylic acids is 1. The van der Waals surface area contributed by atoms with Crippen LogP contribution >= 0.6 is 11.8 Å². The topological polar surface area (TPSA) is 62.6 Å². The van der Waals surface area contributed by atoms with Crippen LogP contribution in [0.3, 0.4) is 0 Å². The van der Waals surface area contributed by atoms with Crippen molar-refractivity contribution >= 4 is 34.6 Å². The molecule has 5 nitrogen and oxygen atoms in total. The summed E-state index contributed by atoms with van der Waals surface area (Å²) >= 11 is 1.04. The maximum atomic E-state index is 13.3. The zero-order valence-electron chi connectivity index (χ0n) is 12.3. The number of fused-ring (bicyclic) bond motifs is 1. The third-order valence-electron chi connectivity index (χ3n) is 3.58. The number of hydrogen-bond acceptors (Lipinski definition) is 5. The Kier molecular flexibility index (Phi) is 3.50. The van der Waals surface area contributed by atoms with Crippen molar-refractivity contribution in [3.8, 4) is 11.5 Å². The predicted molar refractivity (Wildman–Crippen MR) is 89.7 cm³/mol. The molecule has 0 unspecified atom stereocenters. The molecule has 1 fully saturated rings. The number of rotatable bonds is 2. The Hall–Kier alpha value is -2.80. The monoisotopic (exact) mass is 342 g/mol. The number of amidine groups is 1. The first-order valence-electron chi connectivity index (χ1n) is 7.09. The van der Waals surface area contributed by atoms with E-state index in [1.807, 2.05) is 0 Å². The Labute approximate surface area is 141 Å². The van der Waals surface area contributed by atoms with E-state index < -0.39 is 0 Å². The maximum Gasteiger partial charge on any atom is 0.271 e. The van der Waals surface area contributed by atoms with E-state index in [1.165, 1.54) is 17.0 Å². The van der Waals surface area contributed by atoms with Crippen molar-refractivity contribution in [3.05, 3.63) is 58.8 Å². The van der Waals surface area contributed by atoms with Crippen LogP contribution in [0.2, 0.25) is 0 Å². The number of anilines is 1. The highest BCUT2D eigenvalue weighted by Gasteiger charge is 2.34. The van der Waals surface area contributed by atoms with Gasteiger partial charge in [0.2, 0.25) is 6.79 Å². The zero-order chi connectivity index (χ0) is 16.7. The lowest BCUT2D eigenvalue weighted by Gasteiger charge is -2.14. The van der Waals surface area contributed by atoms with Crippen LogP contribution in [0, 0.1) is 11.2 Å². The van der Waals surface area contributed by atoms with Crippen LogP contribution in [0.1, 0.15) is 5.56 Å². The molecule has 0 atom stereocenters. The van der Waals surface area contributed by atoms with Crippen molar-refractivity contribution in [3.63, 3.8) is 0 Å². The molecular weight excluding hydrogens is 331 g/mol. The van der Waals surface area contributed by atoms with Gasteiger partial charge in [-0.1, -0.05) is 12.1 Å². The second-order valence-electron chi connectivity index (χ2n) is 5.15. The summed E-state index contributed by atoms with van der Waals surface area (Å²) in [6.45, 7) is 0.143.